The van der Waals surface area contributed by atoms with Crippen LogP contribution in [0.3, 0.4) is 0 Å². The zero-order valence-electron chi connectivity index (χ0n) is 7.91. The van der Waals surface area contributed by atoms with Crippen molar-refractivity contribution in [1.82, 2.24) is 0 Å². The zero-order valence-corrected chi connectivity index (χ0v) is 10.1. The van der Waals surface area contributed by atoms with Crippen molar-refractivity contribution < 1.29 is 5.11 Å². The lowest BCUT2D eigenvalue weighted by atomic mass is 9.77. The number of hydrogen-bond acceptors (Lipinski definition) is 2. The highest BCUT2D eigenvalue weighted by Crippen LogP contribution is 2.39. The van der Waals surface area contributed by atoms with E-state index in [2.05, 4.69) is 22.6 Å². The van der Waals surface area contributed by atoms with E-state index in [4.69, 9.17) is 5.73 Å². The molecule has 1 aromatic rings. The summed E-state index contributed by atoms with van der Waals surface area (Å²) in [4.78, 5) is 0. The Morgan fingerprint density at radius 1 is 1.43 bits per heavy atom. The maximum absolute atomic E-state index is 9.75. The first-order valence-corrected chi connectivity index (χ1v) is 6.00. The third-order valence-electron chi connectivity index (χ3n) is 3.01. The molecule has 2 rings (SSSR count). The van der Waals surface area contributed by atoms with E-state index in [0.29, 0.717) is 11.7 Å². The molecule has 0 radical (unpaired) electrons. The second kappa shape index (κ2) is 4.06. The average Bonchev–Trinajstić information content (AvgIpc) is 2.00. The maximum atomic E-state index is 9.75. The molecule has 0 spiro atoms. The molecular weight excluding hydrogens is 289 g/mol. The highest BCUT2D eigenvalue weighted by Gasteiger charge is 2.26. The van der Waals surface area contributed by atoms with E-state index in [0.717, 1.165) is 9.13 Å². The fraction of sp³-hybridized carbons (Fsp3) is 0.455. The van der Waals surface area contributed by atoms with Gasteiger partial charge in [0, 0.05) is 15.2 Å². The molecule has 1 aromatic carbocycles. The highest BCUT2D eigenvalue weighted by atomic mass is 127. The van der Waals surface area contributed by atoms with Crippen molar-refractivity contribution in [3.63, 3.8) is 0 Å². The second-order valence-corrected chi connectivity index (χ2v) is 5.17. The first-order valence-electron chi connectivity index (χ1n) is 4.92. The number of phenols is 1. The molecule has 3 heteroatoms. The Labute approximate surface area is 97.6 Å². The highest BCUT2D eigenvalue weighted by molar-refractivity contribution is 14.1. The average molecular weight is 303 g/mol. The Hall–Kier alpha value is -0.290. The van der Waals surface area contributed by atoms with Gasteiger partial charge in [0.1, 0.15) is 5.75 Å². The van der Waals surface area contributed by atoms with Crippen molar-refractivity contribution in [2.24, 2.45) is 11.7 Å². The molecule has 0 bridgehead atoms. The summed E-state index contributed by atoms with van der Waals surface area (Å²) >= 11 is 2.19. The monoisotopic (exact) mass is 303 g/mol. The molecule has 1 saturated carbocycles. The fourth-order valence-electron chi connectivity index (χ4n) is 1.85. The van der Waals surface area contributed by atoms with Gasteiger partial charge in [0.2, 0.25) is 0 Å². The van der Waals surface area contributed by atoms with E-state index in [1.807, 2.05) is 12.1 Å². The van der Waals surface area contributed by atoms with Gasteiger partial charge in [-0.05, 0) is 53.5 Å². The van der Waals surface area contributed by atoms with Crippen molar-refractivity contribution in [2.45, 2.75) is 25.3 Å². The first kappa shape index (κ1) is 10.2. The van der Waals surface area contributed by atoms with Gasteiger partial charge in [-0.25, -0.2) is 0 Å². The van der Waals surface area contributed by atoms with Gasteiger partial charge in [0.15, 0.2) is 0 Å². The van der Waals surface area contributed by atoms with Gasteiger partial charge in [0.05, 0.1) is 0 Å². The minimum Gasteiger partial charge on any atom is -0.508 e. The Kier molecular flexibility index (Phi) is 2.97. The summed E-state index contributed by atoms with van der Waals surface area (Å²) in [6.45, 7) is 0. The molecule has 0 amide bonds. The normalized spacial score (nSPS) is 19.0. The van der Waals surface area contributed by atoms with Gasteiger partial charge < -0.3 is 10.8 Å². The SMILES string of the molecule is N[C@@H](c1ccc(I)cc1O)C1CCC1. The van der Waals surface area contributed by atoms with Crippen LogP contribution in [0.15, 0.2) is 18.2 Å². The molecular formula is C11H14INO. The van der Waals surface area contributed by atoms with Crippen LogP contribution in [0.25, 0.3) is 0 Å². The van der Waals surface area contributed by atoms with Crippen LogP contribution in [-0.2, 0) is 0 Å². The minimum atomic E-state index is 0.0146. The molecule has 1 aliphatic rings. The Balaban J connectivity index is 2.22. The van der Waals surface area contributed by atoms with Crippen LogP contribution in [0.2, 0.25) is 0 Å². The van der Waals surface area contributed by atoms with E-state index in [1.54, 1.807) is 6.07 Å². The number of hydrogen-bond donors (Lipinski definition) is 2. The van der Waals surface area contributed by atoms with E-state index >= 15 is 0 Å². The molecule has 0 heterocycles. The number of nitrogens with two attached hydrogens (primary N) is 1. The summed E-state index contributed by atoms with van der Waals surface area (Å²) < 4.78 is 1.05. The largest absolute Gasteiger partial charge is 0.508 e. The standard InChI is InChI=1S/C11H14INO/c12-8-4-5-9(10(14)6-8)11(13)7-2-1-3-7/h4-7,11,14H,1-3,13H2/t11-/m1/s1. The zero-order chi connectivity index (χ0) is 10.1. The topological polar surface area (TPSA) is 46.2 Å². The molecule has 3 N–H and O–H groups in total. The molecule has 1 atom stereocenters. The first-order chi connectivity index (χ1) is 6.68. The number of benzene rings is 1. The smallest absolute Gasteiger partial charge is 0.121 e. The van der Waals surface area contributed by atoms with Crippen molar-refractivity contribution in [3.05, 3.63) is 27.3 Å². The summed E-state index contributed by atoms with van der Waals surface area (Å²) in [6, 6.07) is 5.73. The van der Waals surface area contributed by atoms with Crippen molar-refractivity contribution >= 4 is 22.6 Å². The van der Waals surface area contributed by atoms with Crippen LogP contribution in [0, 0.1) is 9.49 Å². The molecule has 0 unspecified atom stereocenters. The van der Waals surface area contributed by atoms with Crippen LogP contribution in [0.4, 0.5) is 0 Å². The molecule has 76 valence electrons. The maximum Gasteiger partial charge on any atom is 0.121 e. The lowest BCUT2D eigenvalue weighted by Crippen LogP contribution is -2.26. The predicted octanol–water partition coefficient (Wildman–Crippen LogP) is 2.80. The number of rotatable bonds is 2. The van der Waals surface area contributed by atoms with Gasteiger partial charge in [0.25, 0.3) is 0 Å². The lowest BCUT2D eigenvalue weighted by Gasteiger charge is -2.31. The molecule has 2 nitrogen and oxygen atoms in total. The number of phenolic OH excluding ortho intramolecular Hbond substituents is 1. The van der Waals surface area contributed by atoms with Crippen molar-refractivity contribution in [1.29, 1.82) is 0 Å². The summed E-state index contributed by atoms with van der Waals surface area (Å²) in [5.74, 6) is 0.914. The quantitative estimate of drug-likeness (QED) is 0.825. The van der Waals surface area contributed by atoms with Gasteiger partial charge in [-0.1, -0.05) is 12.5 Å². The number of halogens is 1. The van der Waals surface area contributed by atoms with Gasteiger partial charge in [-0.3, -0.25) is 0 Å². The van der Waals surface area contributed by atoms with E-state index < -0.39 is 0 Å². The van der Waals surface area contributed by atoms with Crippen molar-refractivity contribution in [3.8, 4) is 5.75 Å². The molecule has 1 aliphatic carbocycles. The van der Waals surface area contributed by atoms with Crippen LogP contribution in [0.5, 0.6) is 5.75 Å². The van der Waals surface area contributed by atoms with Gasteiger partial charge in [-0.15, -0.1) is 0 Å². The molecule has 0 aromatic heterocycles. The van der Waals surface area contributed by atoms with Crippen LogP contribution < -0.4 is 5.73 Å². The fourth-order valence-corrected chi connectivity index (χ4v) is 2.33. The lowest BCUT2D eigenvalue weighted by molar-refractivity contribution is 0.260. The van der Waals surface area contributed by atoms with Crippen molar-refractivity contribution in [2.75, 3.05) is 0 Å². The van der Waals surface area contributed by atoms with Crippen LogP contribution in [0.1, 0.15) is 30.9 Å². The second-order valence-electron chi connectivity index (χ2n) is 3.92. The Morgan fingerprint density at radius 2 is 2.14 bits per heavy atom. The third-order valence-corrected chi connectivity index (χ3v) is 3.68. The van der Waals surface area contributed by atoms with E-state index in [-0.39, 0.29) is 6.04 Å². The van der Waals surface area contributed by atoms with Crippen LogP contribution >= 0.6 is 22.6 Å². The number of aromatic hydroxyl groups is 1. The molecule has 0 saturated heterocycles. The summed E-state index contributed by atoms with van der Waals surface area (Å²) in [6.07, 6.45) is 3.68. The molecule has 1 fully saturated rings. The summed E-state index contributed by atoms with van der Waals surface area (Å²) in [5, 5.41) is 9.75. The van der Waals surface area contributed by atoms with E-state index in [9.17, 15) is 5.11 Å². The molecule has 14 heavy (non-hydrogen) atoms. The Morgan fingerprint density at radius 3 is 2.64 bits per heavy atom. The minimum absolute atomic E-state index is 0.0146. The van der Waals surface area contributed by atoms with Gasteiger partial charge >= 0.3 is 0 Å². The predicted molar refractivity (Wildman–Crippen MR) is 65.1 cm³/mol. The summed E-state index contributed by atoms with van der Waals surface area (Å²) in [7, 11) is 0. The Bertz CT molecular complexity index is 336. The van der Waals surface area contributed by atoms with E-state index in [1.165, 1.54) is 19.3 Å². The van der Waals surface area contributed by atoms with Gasteiger partial charge in [-0.2, -0.15) is 0 Å². The summed E-state index contributed by atoms with van der Waals surface area (Å²) in [5.41, 5.74) is 6.99. The third kappa shape index (κ3) is 1.88. The molecule has 0 aliphatic heterocycles. The van der Waals surface area contributed by atoms with Crippen LogP contribution in [-0.4, -0.2) is 5.11 Å².